The molecule has 0 unspecified atom stereocenters. The zero-order chi connectivity index (χ0) is 55.5. The summed E-state index contributed by atoms with van der Waals surface area (Å²) in [5.41, 5.74) is 15.0. The van der Waals surface area contributed by atoms with Gasteiger partial charge in [-0.2, -0.15) is 0 Å². The predicted molar refractivity (Wildman–Crippen MR) is 350 cm³/mol. The molecule has 0 heterocycles. The molecule has 0 atom stereocenters. The van der Waals surface area contributed by atoms with E-state index >= 15 is 0 Å². The zero-order valence-electron chi connectivity index (χ0n) is 48.8. The summed E-state index contributed by atoms with van der Waals surface area (Å²) in [4.78, 5) is 0. The molecule has 414 valence electrons. The lowest BCUT2D eigenvalue weighted by Gasteiger charge is -2.18. The minimum Gasteiger partial charge on any atom is -0.490 e. The highest BCUT2D eigenvalue weighted by molar-refractivity contribution is 6.35. The van der Waals surface area contributed by atoms with Crippen LogP contribution < -0.4 is 18.9 Å². The molecule has 4 nitrogen and oxygen atoms in total. The largest absolute Gasteiger partial charge is 0.490 e. The molecule has 0 spiro atoms. The molecule has 0 aliphatic heterocycles. The Morgan fingerprint density at radius 1 is 0.244 bits per heavy atom. The van der Waals surface area contributed by atoms with E-state index in [2.05, 4.69) is 185 Å². The van der Waals surface area contributed by atoms with Gasteiger partial charge in [0.05, 0.1) is 26.4 Å². The molecule has 82 heavy (non-hydrogen) atoms. The van der Waals surface area contributed by atoms with Crippen LogP contribution in [0, 0.1) is 0 Å². The van der Waals surface area contributed by atoms with Gasteiger partial charge < -0.3 is 18.9 Å². The van der Waals surface area contributed by atoms with E-state index in [1.165, 1.54) is 208 Å². The third-order valence-electron chi connectivity index (χ3n) is 17.8. The standard InChI is InChI=1S/C78H78O4/c1-5-9-13-25-41-79-67-47-61-63(49-69(67)81-43-27-15-11-7-3)75-59-35-23-21-33-57(59)71(65-45-53-29-17-19-31-55(53)73(61)77(65)75)51-37-39-52(40-38-51)72-58-34-22-24-36-60(58)76-64-50-70(82-44-28-16-12-8-4)68(80-42-26-14-10-6-2)48-62(64)74-56-32-20-18-30-54(56)46-66(72)78(74)76/h17-24,29-40,45-50H,5-16,25-28,41-44H2,1-4H3. The summed E-state index contributed by atoms with van der Waals surface area (Å²) >= 11 is 0. The Morgan fingerprint density at radius 3 is 0.817 bits per heavy atom. The van der Waals surface area contributed by atoms with Gasteiger partial charge in [-0.25, -0.2) is 0 Å². The van der Waals surface area contributed by atoms with E-state index in [9.17, 15) is 0 Å². The van der Waals surface area contributed by atoms with Crippen LogP contribution in [0.2, 0.25) is 0 Å². The van der Waals surface area contributed by atoms with Crippen molar-refractivity contribution in [2.75, 3.05) is 26.4 Å². The highest BCUT2D eigenvalue weighted by Gasteiger charge is 2.33. The van der Waals surface area contributed by atoms with Crippen molar-refractivity contribution in [3.8, 4) is 89.8 Å². The van der Waals surface area contributed by atoms with Gasteiger partial charge >= 0.3 is 0 Å². The molecule has 2 aliphatic carbocycles. The van der Waals surface area contributed by atoms with Gasteiger partial charge in [0, 0.05) is 0 Å². The Labute approximate surface area is 485 Å². The molecule has 11 aromatic carbocycles. The van der Waals surface area contributed by atoms with Gasteiger partial charge in [-0.15, -0.1) is 0 Å². The zero-order valence-corrected chi connectivity index (χ0v) is 48.8. The minimum atomic E-state index is 0.679. The Morgan fingerprint density at radius 2 is 0.512 bits per heavy atom. The number of unbranched alkanes of at least 4 members (excludes halogenated alkanes) is 12. The lowest BCUT2D eigenvalue weighted by Crippen LogP contribution is -2.03. The van der Waals surface area contributed by atoms with Crippen molar-refractivity contribution in [1.82, 2.24) is 0 Å². The lowest BCUT2D eigenvalue weighted by molar-refractivity contribution is 0.259. The third-order valence-corrected chi connectivity index (χ3v) is 17.8. The number of fused-ring (bicyclic) bond motifs is 14. The summed E-state index contributed by atoms with van der Waals surface area (Å²) in [5.74, 6) is 3.41. The van der Waals surface area contributed by atoms with E-state index in [1.807, 2.05) is 0 Å². The van der Waals surface area contributed by atoms with Gasteiger partial charge in [0.25, 0.3) is 0 Å². The lowest BCUT2D eigenvalue weighted by atomic mass is 9.84. The second-order valence-corrected chi connectivity index (χ2v) is 23.3. The molecule has 0 saturated heterocycles. The molecule has 0 amide bonds. The monoisotopic (exact) mass is 1080 g/mol. The summed E-state index contributed by atoms with van der Waals surface area (Å²) in [7, 11) is 0. The number of ether oxygens (including phenoxy) is 4. The topological polar surface area (TPSA) is 36.9 Å². The normalized spacial score (nSPS) is 12.1. The van der Waals surface area contributed by atoms with Crippen molar-refractivity contribution in [1.29, 1.82) is 0 Å². The quantitative estimate of drug-likeness (QED) is 0.0400. The van der Waals surface area contributed by atoms with Gasteiger partial charge in [0.2, 0.25) is 0 Å². The van der Waals surface area contributed by atoms with Crippen molar-refractivity contribution < 1.29 is 18.9 Å². The van der Waals surface area contributed by atoms with Crippen LogP contribution >= 0.6 is 0 Å². The summed E-state index contributed by atoms with van der Waals surface area (Å²) in [6, 6.07) is 59.9. The Kier molecular flexibility index (Phi) is 15.6. The third kappa shape index (κ3) is 9.70. The predicted octanol–water partition coefficient (Wildman–Crippen LogP) is 23.1. The molecule has 0 N–H and O–H groups in total. The first-order chi connectivity index (χ1) is 40.6. The SMILES string of the molecule is CCCCCCOc1cc2c(cc1OCCCCCC)-c1c3ccccc3c(-c3ccc(-c4c5ccccc5c5c6c(c7ccccc7cc46)-c4cc(OCCCCCC)c(OCCCCCC)cc4-5)cc3)c3cc4ccccc4c-2c13. The van der Waals surface area contributed by atoms with Crippen LogP contribution in [0.3, 0.4) is 0 Å². The molecule has 13 rings (SSSR count). The van der Waals surface area contributed by atoms with E-state index in [0.29, 0.717) is 26.4 Å². The fraction of sp³-hybridized carbons (Fsp3) is 0.308. The average Bonchev–Trinajstić information content (AvgIpc) is 2.51. The number of hydrogen-bond donors (Lipinski definition) is 0. The van der Waals surface area contributed by atoms with Crippen LogP contribution in [0.4, 0.5) is 0 Å². The molecule has 4 heteroatoms. The second kappa shape index (κ2) is 23.9. The first-order valence-corrected chi connectivity index (χ1v) is 31.4. The fourth-order valence-electron chi connectivity index (χ4n) is 13.8. The molecule has 0 bridgehead atoms. The van der Waals surface area contributed by atoms with Crippen molar-refractivity contribution in [2.24, 2.45) is 0 Å². The molecule has 2 aliphatic rings. The van der Waals surface area contributed by atoms with Gasteiger partial charge in [-0.05, 0) is 193 Å². The van der Waals surface area contributed by atoms with Gasteiger partial charge in [0.1, 0.15) is 0 Å². The number of benzene rings is 11. The van der Waals surface area contributed by atoms with Crippen molar-refractivity contribution in [3.05, 3.63) is 158 Å². The molecular weight excluding hydrogens is 1000 g/mol. The van der Waals surface area contributed by atoms with Gasteiger partial charge in [0.15, 0.2) is 23.0 Å². The number of rotatable bonds is 26. The summed E-state index contributed by atoms with van der Waals surface area (Å²) < 4.78 is 27.0. The van der Waals surface area contributed by atoms with E-state index < -0.39 is 0 Å². The average molecular weight is 1080 g/mol. The van der Waals surface area contributed by atoms with Crippen molar-refractivity contribution in [2.45, 2.75) is 130 Å². The molecule has 0 fully saturated rings. The Hall–Kier alpha value is -7.82. The molecule has 0 aromatic heterocycles. The molecule has 0 saturated carbocycles. The molecule has 0 radical (unpaired) electrons. The summed E-state index contributed by atoms with van der Waals surface area (Å²) in [5, 5.41) is 15.2. The smallest absolute Gasteiger partial charge is 0.161 e. The van der Waals surface area contributed by atoms with Crippen molar-refractivity contribution in [3.63, 3.8) is 0 Å². The maximum Gasteiger partial charge on any atom is 0.161 e. The Balaban J connectivity index is 0.968. The van der Waals surface area contributed by atoms with Crippen LogP contribution in [0.15, 0.2) is 158 Å². The van der Waals surface area contributed by atoms with Crippen LogP contribution in [0.5, 0.6) is 23.0 Å². The van der Waals surface area contributed by atoms with Gasteiger partial charge in [-0.1, -0.05) is 226 Å². The van der Waals surface area contributed by atoms with E-state index in [4.69, 9.17) is 18.9 Å². The number of hydrogen-bond acceptors (Lipinski definition) is 4. The minimum absolute atomic E-state index is 0.679. The van der Waals surface area contributed by atoms with Crippen LogP contribution in [0.25, 0.3) is 131 Å². The Bertz CT molecular complexity index is 3800. The van der Waals surface area contributed by atoms with Crippen LogP contribution in [0.1, 0.15) is 130 Å². The second-order valence-electron chi connectivity index (χ2n) is 23.3. The van der Waals surface area contributed by atoms with Gasteiger partial charge in [-0.3, -0.25) is 0 Å². The molecular formula is C78H78O4. The molecule has 11 aromatic rings. The maximum absolute atomic E-state index is 6.75. The highest BCUT2D eigenvalue weighted by atomic mass is 16.5. The fourth-order valence-corrected chi connectivity index (χ4v) is 13.8. The highest BCUT2D eigenvalue weighted by Crippen LogP contribution is 2.60. The first-order valence-electron chi connectivity index (χ1n) is 31.4. The van der Waals surface area contributed by atoms with Crippen LogP contribution in [-0.2, 0) is 0 Å². The maximum atomic E-state index is 6.75. The summed E-state index contributed by atoms with van der Waals surface area (Å²) in [6.45, 7) is 11.8. The van der Waals surface area contributed by atoms with E-state index in [1.54, 1.807) is 0 Å². The van der Waals surface area contributed by atoms with E-state index in [0.717, 1.165) is 48.7 Å². The van der Waals surface area contributed by atoms with E-state index in [-0.39, 0.29) is 0 Å². The summed E-state index contributed by atoms with van der Waals surface area (Å²) in [6.07, 6.45) is 18.5. The van der Waals surface area contributed by atoms with Crippen LogP contribution in [-0.4, -0.2) is 26.4 Å². The first kappa shape index (κ1) is 53.5. The van der Waals surface area contributed by atoms with Crippen molar-refractivity contribution >= 4 is 64.6 Å².